The molecule has 2 amide bonds. The molecule has 0 bridgehead atoms. The quantitative estimate of drug-likeness (QED) is 0.400. The van der Waals surface area contributed by atoms with Crippen LogP contribution >= 0.6 is 11.6 Å². The van der Waals surface area contributed by atoms with E-state index in [-0.39, 0.29) is 22.6 Å². The molecule has 3 heterocycles. The second-order valence-corrected chi connectivity index (χ2v) is 13.3. The van der Waals surface area contributed by atoms with Gasteiger partial charge in [-0.15, -0.1) is 0 Å². The van der Waals surface area contributed by atoms with Crippen LogP contribution in [0.15, 0.2) is 59.8 Å². The largest absolute Gasteiger partial charge is 0.372 e. The number of nitrogens with one attached hydrogen (secondary N) is 2. The monoisotopic (exact) mass is 612 g/mol. The van der Waals surface area contributed by atoms with E-state index in [4.69, 9.17) is 11.6 Å². The van der Waals surface area contributed by atoms with E-state index in [1.807, 2.05) is 11.8 Å². The summed E-state index contributed by atoms with van der Waals surface area (Å²) in [7, 11) is -3.93. The molecular formula is C30H37ClN6O4S. The number of halogens is 1. The average molecular weight is 613 g/mol. The highest BCUT2D eigenvalue weighted by atomic mass is 35.5. The molecule has 2 aromatic carbocycles. The lowest BCUT2D eigenvalue weighted by Gasteiger charge is -2.36. The zero-order valence-corrected chi connectivity index (χ0v) is 25.5. The lowest BCUT2D eigenvalue weighted by Crippen LogP contribution is -2.53. The Labute approximate surface area is 251 Å². The maximum absolute atomic E-state index is 13.5. The van der Waals surface area contributed by atoms with Gasteiger partial charge in [-0.1, -0.05) is 37.2 Å². The number of sulfonamides is 1. The van der Waals surface area contributed by atoms with Crippen LogP contribution < -0.4 is 4.72 Å². The molecule has 3 aromatic rings. The predicted molar refractivity (Wildman–Crippen MR) is 163 cm³/mol. The number of aryl methyl sites for hydroxylation is 1. The molecule has 2 N–H and O–H groups in total. The minimum Gasteiger partial charge on any atom is -0.372 e. The van der Waals surface area contributed by atoms with Crippen LogP contribution in [0.3, 0.4) is 0 Å². The summed E-state index contributed by atoms with van der Waals surface area (Å²) in [5.74, 6) is -0.0497. The summed E-state index contributed by atoms with van der Waals surface area (Å²) in [5, 5.41) is 8.99. The lowest BCUT2D eigenvalue weighted by molar-refractivity contribution is -0.135. The highest BCUT2D eigenvalue weighted by molar-refractivity contribution is 7.89. The van der Waals surface area contributed by atoms with Crippen molar-refractivity contribution in [2.24, 2.45) is 5.92 Å². The first-order chi connectivity index (χ1) is 20.1. The van der Waals surface area contributed by atoms with E-state index in [0.29, 0.717) is 56.2 Å². The number of hydrogen-bond donors (Lipinski definition) is 2. The number of nitrogens with zero attached hydrogens (tertiary/aromatic N) is 4. The molecule has 0 aliphatic carbocycles. The van der Waals surface area contributed by atoms with E-state index in [0.717, 1.165) is 35.1 Å². The van der Waals surface area contributed by atoms with Crippen molar-refractivity contribution in [2.75, 3.05) is 39.3 Å². The smallest absolute Gasteiger partial charge is 0.257 e. The highest BCUT2D eigenvalue weighted by Crippen LogP contribution is 2.25. The van der Waals surface area contributed by atoms with Gasteiger partial charge in [-0.05, 0) is 67.1 Å². The SMILES string of the molecule is C=C(CN1CCC[C@H](NS(=O)(=O)c2ccc3cc(Cl)ccc3c2)C1=O)N1CCN(C(=O)c2cn[nH]c2C)CC(CC)C1. The highest BCUT2D eigenvalue weighted by Gasteiger charge is 2.34. The molecule has 2 fully saturated rings. The number of aromatic nitrogens is 2. The second kappa shape index (κ2) is 12.4. The van der Waals surface area contributed by atoms with Gasteiger partial charge in [-0.2, -0.15) is 9.82 Å². The maximum Gasteiger partial charge on any atom is 0.257 e. The average Bonchev–Trinajstić information content (AvgIpc) is 3.27. The summed E-state index contributed by atoms with van der Waals surface area (Å²) >= 11 is 6.06. The first kappa shape index (κ1) is 30.1. The number of fused-ring (bicyclic) bond motifs is 1. The number of carbonyl (C=O) groups excluding carboxylic acids is 2. The molecule has 224 valence electrons. The van der Waals surface area contributed by atoms with Gasteiger partial charge in [0.25, 0.3) is 5.91 Å². The summed E-state index contributed by atoms with van der Waals surface area (Å²) < 4.78 is 29.2. The Morgan fingerprint density at radius 2 is 1.83 bits per heavy atom. The molecule has 2 atom stereocenters. The van der Waals surface area contributed by atoms with E-state index in [1.165, 1.54) is 6.07 Å². The fraction of sp³-hybridized carbons (Fsp3) is 0.433. The third kappa shape index (κ3) is 6.48. The van der Waals surface area contributed by atoms with Crippen LogP contribution in [0.25, 0.3) is 10.8 Å². The van der Waals surface area contributed by atoms with E-state index < -0.39 is 16.1 Å². The number of aromatic amines is 1. The Hall–Kier alpha value is -3.41. The second-order valence-electron chi connectivity index (χ2n) is 11.2. The van der Waals surface area contributed by atoms with Crippen LogP contribution in [0.5, 0.6) is 0 Å². The Kier molecular flexibility index (Phi) is 8.91. The molecule has 42 heavy (non-hydrogen) atoms. The van der Waals surface area contributed by atoms with Crippen LogP contribution in [0.4, 0.5) is 0 Å². The summed E-state index contributed by atoms with van der Waals surface area (Å²) in [6, 6.07) is 9.24. The summed E-state index contributed by atoms with van der Waals surface area (Å²) in [5.41, 5.74) is 2.11. The molecule has 1 unspecified atom stereocenters. The predicted octanol–water partition coefficient (Wildman–Crippen LogP) is 3.79. The van der Waals surface area contributed by atoms with Crippen molar-refractivity contribution in [1.82, 2.24) is 29.6 Å². The topological polar surface area (TPSA) is 119 Å². The number of amides is 2. The third-order valence-electron chi connectivity index (χ3n) is 8.25. The van der Waals surface area contributed by atoms with Crippen LogP contribution in [0.2, 0.25) is 5.02 Å². The Balaban J connectivity index is 1.23. The van der Waals surface area contributed by atoms with Crippen molar-refractivity contribution in [3.05, 3.63) is 71.2 Å². The molecule has 1 aromatic heterocycles. The van der Waals surface area contributed by atoms with E-state index in [2.05, 4.69) is 33.3 Å². The van der Waals surface area contributed by atoms with Gasteiger partial charge in [0.2, 0.25) is 15.9 Å². The summed E-state index contributed by atoms with van der Waals surface area (Å²) in [6.07, 6.45) is 3.57. The zero-order valence-electron chi connectivity index (χ0n) is 24.0. The molecule has 0 saturated carbocycles. The number of H-pyrrole nitrogens is 1. The van der Waals surface area contributed by atoms with Crippen LogP contribution in [0.1, 0.15) is 42.2 Å². The van der Waals surface area contributed by atoms with Gasteiger partial charge < -0.3 is 14.7 Å². The van der Waals surface area contributed by atoms with Crippen molar-refractivity contribution >= 4 is 44.2 Å². The fourth-order valence-corrected chi connectivity index (χ4v) is 7.15. The van der Waals surface area contributed by atoms with E-state index >= 15 is 0 Å². The number of piperidine rings is 1. The number of likely N-dealkylation sites (tertiary alicyclic amines) is 1. The van der Waals surface area contributed by atoms with Crippen molar-refractivity contribution < 1.29 is 18.0 Å². The molecule has 0 spiro atoms. The van der Waals surface area contributed by atoms with E-state index in [1.54, 1.807) is 41.4 Å². The van der Waals surface area contributed by atoms with Gasteiger partial charge in [0.1, 0.15) is 6.04 Å². The molecule has 0 radical (unpaired) electrons. The molecule has 12 heteroatoms. The first-order valence-corrected chi connectivity index (χ1v) is 16.1. The van der Waals surface area contributed by atoms with Gasteiger partial charge in [0.05, 0.1) is 23.2 Å². The summed E-state index contributed by atoms with van der Waals surface area (Å²) in [6.45, 7) is 11.6. The normalized spacial score (nSPS) is 20.2. The van der Waals surface area contributed by atoms with Gasteiger partial charge in [0, 0.05) is 49.1 Å². The van der Waals surface area contributed by atoms with Gasteiger partial charge in [-0.25, -0.2) is 8.42 Å². The first-order valence-electron chi connectivity index (χ1n) is 14.3. The van der Waals surface area contributed by atoms with Crippen LogP contribution in [-0.4, -0.2) is 90.4 Å². The minimum absolute atomic E-state index is 0.0382. The number of rotatable bonds is 8. The van der Waals surface area contributed by atoms with Gasteiger partial charge in [0.15, 0.2) is 0 Å². The molecule has 10 nitrogen and oxygen atoms in total. The summed E-state index contributed by atoms with van der Waals surface area (Å²) in [4.78, 5) is 32.5. The Morgan fingerprint density at radius 3 is 2.57 bits per heavy atom. The number of hydrogen-bond acceptors (Lipinski definition) is 6. The van der Waals surface area contributed by atoms with Gasteiger partial charge in [-0.3, -0.25) is 14.7 Å². The Bertz CT molecular complexity index is 1610. The van der Waals surface area contributed by atoms with Crippen LogP contribution in [0, 0.1) is 12.8 Å². The standard InChI is InChI=1S/C30H37ClN6O4S/c1-4-22-18-35(12-13-37(19-22)29(38)27-16-32-33-21(27)3)20(2)17-36-11-5-6-28(30(36)39)34-42(40,41)26-10-8-23-14-25(31)9-7-24(23)15-26/h7-10,14-16,22,28,34H,2,4-6,11-13,17-19H2,1,3H3,(H,32,33)/t22?,28-/m0/s1. The lowest BCUT2D eigenvalue weighted by atomic mass is 10.0. The molecular weight excluding hydrogens is 576 g/mol. The van der Waals surface area contributed by atoms with Crippen molar-refractivity contribution in [3.63, 3.8) is 0 Å². The number of carbonyl (C=O) groups is 2. The molecule has 2 aliphatic heterocycles. The van der Waals surface area contributed by atoms with Gasteiger partial charge >= 0.3 is 0 Å². The van der Waals surface area contributed by atoms with Crippen molar-refractivity contribution in [2.45, 2.75) is 44.0 Å². The zero-order chi connectivity index (χ0) is 30.0. The molecule has 5 rings (SSSR count). The molecule has 2 saturated heterocycles. The maximum atomic E-state index is 13.5. The fourth-order valence-electron chi connectivity index (χ4n) is 5.72. The minimum atomic E-state index is -3.93. The Morgan fingerprint density at radius 1 is 1.12 bits per heavy atom. The van der Waals surface area contributed by atoms with E-state index in [9.17, 15) is 18.0 Å². The van der Waals surface area contributed by atoms with Crippen LogP contribution in [-0.2, 0) is 14.8 Å². The number of benzene rings is 2. The third-order valence-corrected chi connectivity index (χ3v) is 9.96. The molecule has 2 aliphatic rings. The van der Waals surface area contributed by atoms with Crippen molar-refractivity contribution in [1.29, 1.82) is 0 Å². The van der Waals surface area contributed by atoms with Crippen molar-refractivity contribution in [3.8, 4) is 0 Å².